The summed E-state index contributed by atoms with van der Waals surface area (Å²) in [5.74, 6) is 0.662. The number of hydrogen-bond acceptors (Lipinski definition) is 7. The minimum absolute atomic E-state index is 0.0347. The molecule has 2 saturated heterocycles. The van der Waals surface area contributed by atoms with Crippen LogP contribution < -0.4 is 9.46 Å². The van der Waals surface area contributed by atoms with Gasteiger partial charge in [0.05, 0.1) is 29.2 Å². The zero-order valence-electron chi connectivity index (χ0n) is 18.3. The predicted molar refractivity (Wildman–Crippen MR) is 125 cm³/mol. The Hall–Kier alpha value is -2.63. The lowest BCUT2D eigenvalue weighted by Crippen LogP contribution is -2.52. The van der Waals surface area contributed by atoms with Crippen molar-refractivity contribution in [2.75, 3.05) is 49.5 Å². The molecule has 0 spiro atoms. The molecule has 11 heteroatoms. The topological polar surface area (TPSA) is 113 Å². The Morgan fingerprint density at radius 3 is 2.30 bits per heavy atom. The smallest absolute Gasteiger partial charge is 0.262 e. The summed E-state index contributed by atoms with van der Waals surface area (Å²) in [5, 5.41) is 0. The number of anilines is 1. The van der Waals surface area contributed by atoms with Gasteiger partial charge in [0.15, 0.2) is 9.84 Å². The molecular weight excluding hydrogens is 466 g/mol. The van der Waals surface area contributed by atoms with Crippen molar-refractivity contribution in [3.63, 3.8) is 0 Å². The summed E-state index contributed by atoms with van der Waals surface area (Å²) in [7, 11) is -5.33. The van der Waals surface area contributed by atoms with Crippen LogP contribution in [0, 0.1) is 0 Å². The first-order valence-corrected chi connectivity index (χ1v) is 14.0. The molecule has 9 nitrogen and oxygen atoms in total. The van der Waals surface area contributed by atoms with E-state index >= 15 is 0 Å². The van der Waals surface area contributed by atoms with Gasteiger partial charge in [-0.2, -0.15) is 0 Å². The van der Waals surface area contributed by atoms with Crippen molar-refractivity contribution < 1.29 is 26.4 Å². The van der Waals surface area contributed by atoms with E-state index in [9.17, 15) is 21.6 Å². The van der Waals surface area contributed by atoms with Crippen LogP contribution in [0.15, 0.2) is 53.4 Å². The van der Waals surface area contributed by atoms with E-state index in [0.29, 0.717) is 49.6 Å². The molecule has 2 aromatic carbocycles. The third kappa shape index (κ3) is 5.31. The number of sulfonamides is 1. The number of hydrogen-bond donors (Lipinski definition) is 1. The zero-order chi connectivity index (χ0) is 23.6. The lowest BCUT2D eigenvalue weighted by atomic mass is 10.1. The summed E-state index contributed by atoms with van der Waals surface area (Å²) in [6, 6.07) is 12.6. The number of nitrogens with one attached hydrogen (secondary N) is 1. The molecule has 0 aromatic heterocycles. The van der Waals surface area contributed by atoms with Gasteiger partial charge in [0.1, 0.15) is 5.75 Å². The van der Waals surface area contributed by atoms with Crippen LogP contribution in [0.1, 0.15) is 16.8 Å². The van der Waals surface area contributed by atoms with Crippen molar-refractivity contribution in [3.05, 3.63) is 54.1 Å². The Kier molecular flexibility index (Phi) is 6.64. The van der Waals surface area contributed by atoms with Gasteiger partial charge in [-0.15, -0.1) is 0 Å². The molecule has 1 unspecified atom stereocenters. The molecule has 4 rings (SSSR count). The summed E-state index contributed by atoms with van der Waals surface area (Å²) < 4.78 is 56.6. The highest BCUT2D eigenvalue weighted by Crippen LogP contribution is 2.26. The van der Waals surface area contributed by atoms with Crippen LogP contribution >= 0.6 is 0 Å². The Labute approximate surface area is 194 Å². The van der Waals surface area contributed by atoms with Crippen LogP contribution in [-0.2, 0) is 19.9 Å². The Bertz CT molecular complexity index is 1220. The number of ether oxygens (including phenoxy) is 1. The maximum atomic E-state index is 12.9. The van der Waals surface area contributed by atoms with Crippen molar-refractivity contribution in [3.8, 4) is 5.75 Å². The second kappa shape index (κ2) is 9.32. The predicted octanol–water partition coefficient (Wildman–Crippen LogP) is 1.44. The zero-order valence-corrected chi connectivity index (χ0v) is 19.9. The van der Waals surface area contributed by atoms with E-state index in [4.69, 9.17) is 4.74 Å². The van der Waals surface area contributed by atoms with Crippen LogP contribution in [0.5, 0.6) is 5.75 Å². The van der Waals surface area contributed by atoms with Crippen molar-refractivity contribution in [2.24, 2.45) is 0 Å². The van der Waals surface area contributed by atoms with E-state index < -0.39 is 19.9 Å². The van der Waals surface area contributed by atoms with Gasteiger partial charge in [0.25, 0.3) is 15.9 Å². The maximum absolute atomic E-state index is 12.9. The Balaban J connectivity index is 1.38. The SMILES string of the molecule is COc1ccccc1NS(=O)(=O)c1ccc(C(=O)N2CCN(C3CCS(=O)(=O)C3)CC2)cc1. The van der Waals surface area contributed by atoms with Crippen LogP contribution in [0.4, 0.5) is 5.69 Å². The Morgan fingerprint density at radius 1 is 1.03 bits per heavy atom. The van der Waals surface area contributed by atoms with Crippen molar-refractivity contribution in [1.82, 2.24) is 9.80 Å². The number of rotatable bonds is 6. The second-order valence-electron chi connectivity index (χ2n) is 8.22. The molecule has 33 heavy (non-hydrogen) atoms. The van der Waals surface area contributed by atoms with Crippen LogP contribution in [-0.4, -0.2) is 83.4 Å². The summed E-state index contributed by atoms with van der Waals surface area (Å²) in [6.45, 7) is 2.26. The molecule has 0 aliphatic carbocycles. The van der Waals surface area contributed by atoms with Crippen LogP contribution in [0.3, 0.4) is 0 Å². The van der Waals surface area contributed by atoms with Gasteiger partial charge in [-0.1, -0.05) is 12.1 Å². The fourth-order valence-electron chi connectivity index (χ4n) is 4.25. The van der Waals surface area contributed by atoms with Crippen molar-refractivity contribution >= 4 is 31.5 Å². The number of nitrogens with zero attached hydrogens (tertiary/aromatic N) is 2. The number of piperazine rings is 1. The van der Waals surface area contributed by atoms with E-state index in [1.807, 2.05) is 0 Å². The minimum atomic E-state index is -3.85. The highest BCUT2D eigenvalue weighted by molar-refractivity contribution is 7.92. The molecule has 2 aliphatic rings. The first-order chi connectivity index (χ1) is 15.7. The fourth-order valence-corrected chi connectivity index (χ4v) is 7.08. The first kappa shape index (κ1) is 23.5. The highest BCUT2D eigenvalue weighted by atomic mass is 32.2. The van der Waals surface area contributed by atoms with E-state index in [1.54, 1.807) is 29.2 Å². The molecule has 2 fully saturated rings. The average molecular weight is 494 g/mol. The Morgan fingerprint density at radius 2 is 1.70 bits per heavy atom. The minimum Gasteiger partial charge on any atom is -0.495 e. The number of methoxy groups -OCH3 is 1. The summed E-state index contributed by atoms with van der Waals surface area (Å²) in [4.78, 5) is 16.8. The van der Waals surface area contributed by atoms with Gasteiger partial charge in [0, 0.05) is 37.8 Å². The number of para-hydroxylation sites is 2. The molecule has 2 aromatic rings. The number of amides is 1. The molecule has 2 aliphatic heterocycles. The molecule has 2 heterocycles. The lowest BCUT2D eigenvalue weighted by molar-refractivity contribution is 0.0587. The molecule has 0 radical (unpaired) electrons. The third-order valence-electron chi connectivity index (χ3n) is 6.09. The summed E-state index contributed by atoms with van der Waals surface area (Å²) in [6.07, 6.45) is 0.648. The number of carbonyl (C=O) groups excluding carboxylic acids is 1. The van der Waals surface area contributed by atoms with E-state index in [1.165, 1.54) is 31.4 Å². The molecule has 0 bridgehead atoms. The van der Waals surface area contributed by atoms with Gasteiger partial charge >= 0.3 is 0 Å². The summed E-state index contributed by atoms with van der Waals surface area (Å²) in [5.41, 5.74) is 0.733. The normalized spacial score (nSPS) is 21.0. The standard InChI is InChI=1S/C22H27N3O6S2/c1-31-21-5-3-2-4-20(21)23-33(29,30)19-8-6-17(7-9-19)22(26)25-13-11-24(12-14-25)18-10-15-32(27,28)16-18/h2-9,18,23H,10-16H2,1H3. The number of benzene rings is 2. The first-order valence-electron chi connectivity index (χ1n) is 10.7. The molecular formula is C22H27N3O6S2. The monoisotopic (exact) mass is 493 g/mol. The van der Waals surface area contributed by atoms with E-state index in [0.717, 1.165) is 0 Å². The quantitative estimate of drug-likeness (QED) is 0.648. The maximum Gasteiger partial charge on any atom is 0.262 e. The van der Waals surface area contributed by atoms with Crippen molar-refractivity contribution in [2.45, 2.75) is 17.4 Å². The second-order valence-corrected chi connectivity index (χ2v) is 12.1. The molecule has 1 amide bonds. The molecule has 1 N–H and O–H groups in total. The van der Waals surface area contributed by atoms with Gasteiger partial charge in [-0.3, -0.25) is 14.4 Å². The van der Waals surface area contributed by atoms with Crippen molar-refractivity contribution in [1.29, 1.82) is 0 Å². The molecule has 1 atom stereocenters. The lowest BCUT2D eigenvalue weighted by Gasteiger charge is -2.37. The summed E-state index contributed by atoms with van der Waals surface area (Å²) >= 11 is 0. The van der Waals surface area contributed by atoms with E-state index in [2.05, 4.69) is 9.62 Å². The average Bonchev–Trinajstić information content (AvgIpc) is 3.18. The molecule has 178 valence electrons. The number of carbonyl (C=O) groups is 1. The largest absolute Gasteiger partial charge is 0.495 e. The number of sulfone groups is 1. The van der Waals surface area contributed by atoms with Crippen LogP contribution in [0.25, 0.3) is 0 Å². The van der Waals surface area contributed by atoms with Gasteiger partial charge in [0.2, 0.25) is 0 Å². The highest BCUT2D eigenvalue weighted by Gasteiger charge is 2.34. The van der Waals surface area contributed by atoms with E-state index in [-0.39, 0.29) is 28.4 Å². The fraction of sp³-hybridized carbons (Fsp3) is 0.409. The van der Waals surface area contributed by atoms with Gasteiger partial charge in [-0.05, 0) is 42.8 Å². The van der Waals surface area contributed by atoms with Gasteiger partial charge in [-0.25, -0.2) is 16.8 Å². The van der Waals surface area contributed by atoms with Gasteiger partial charge < -0.3 is 9.64 Å². The van der Waals surface area contributed by atoms with Crippen LogP contribution in [0.2, 0.25) is 0 Å². The third-order valence-corrected chi connectivity index (χ3v) is 9.22. The molecule has 0 saturated carbocycles.